The van der Waals surface area contributed by atoms with E-state index in [-0.39, 0.29) is 12.2 Å². The quantitative estimate of drug-likeness (QED) is 0.674. The second-order valence-corrected chi connectivity index (χ2v) is 2.44. The van der Waals surface area contributed by atoms with Crippen LogP contribution in [-0.4, -0.2) is 5.78 Å². The molecular formula is C8H7F3O2. The Kier molecular flexibility index (Phi) is 2.45. The van der Waals surface area contributed by atoms with Gasteiger partial charge in [0.2, 0.25) is 5.76 Å². The minimum atomic E-state index is -4.52. The zero-order chi connectivity index (χ0) is 10.1. The zero-order valence-electron chi connectivity index (χ0n) is 6.81. The van der Waals surface area contributed by atoms with Crippen LogP contribution in [0, 0.1) is 0 Å². The summed E-state index contributed by atoms with van der Waals surface area (Å²) in [7, 11) is 0. The smallest absolute Gasteiger partial charge is 0.448 e. The molecule has 13 heavy (non-hydrogen) atoms. The molecule has 1 aromatic heterocycles. The number of Topliss-reactive ketones (excluding diaryl/α,β-unsaturated/α-hetero) is 1. The SMILES string of the molecule is CCC(=O)c1ccc(C(F)(F)F)o1. The Hall–Kier alpha value is -1.26. The first-order valence-electron chi connectivity index (χ1n) is 3.65. The first kappa shape index (κ1) is 9.83. The summed E-state index contributed by atoms with van der Waals surface area (Å²) in [4.78, 5) is 10.9. The first-order chi connectivity index (χ1) is 5.95. The van der Waals surface area contributed by atoms with Crippen LogP contribution >= 0.6 is 0 Å². The molecule has 5 heteroatoms. The van der Waals surface area contributed by atoms with Gasteiger partial charge in [-0.2, -0.15) is 13.2 Å². The minimum absolute atomic E-state index is 0.130. The van der Waals surface area contributed by atoms with Crippen LogP contribution in [0.3, 0.4) is 0 Å². The highest BCUT2D eigenvalue weighted by Crippen LogP contribution is 2.30. The van der Waals surface area contributed by atoms with Crippen molar-refractivity contribution in [1.82, 2.24) is 0 Å². The Morgan fingerprint density at radius 1 is 1.46 bits per heavy atom. The van der Waals surface area contributed by atoms with E-state index in [2.05, 4.69) is 4.42 Å². The van der Waals surface area contributed by atoms with Gasteiger partial charge in [-0.1, -0.05) is 6.92 Å². The van der Waals surface area contributed by atoms with Crippen molar-refractivity contribution in [3.63, 3.8) is 0 Å². The number of carbonyl (C=O) groups is 1. The second kappa shape index (κ2) is 3.24. The molecule has 0 fully saturated rings. The van der Waals surface area contributed by atoms with Crippen molar-refractivity contribution in [1.29, 1.82) is 0 Å². The van der Waals surface area contributed by atoms with Crippen LogP contribution in [-0.2, 0) is 6.18 Å². The Morgan fingerprint density at radius 3 is 2.46 bits per heavy atom. The van der Waals surface area contributed by atoms with Crippen molar-refractivity contribution < 1.29 is 22.4 Å². The third-order valence-corrected chi connectivity index (χ3v) is 1.48. The molecule has 0 aliphatic rings. The Morgan fingerprint density at radius 2 is 2.08 bits per heavy atom. The van der Waals surface area contributed by atoms with E-state index in [1.165, 1.54) is 0 Å². The van der Waals surface area contributed by atoms with E-state index in [9.17, 15) is 18.0 Å². The summed E-state index contributed by atoms with van der Waals surface area (Å²) in [6.45, 7) is 1.55. The van der Waals surface area contributed by atoms with Crippen molar-refractivity contribution >= 4 is 5.78 Å². The van der Waals surface area contributed by atoms with E-state index in [1.807, 2.05) is 0 Å². The highest BCUT2D eigenvalue weighted by Gasteiger charge is 2.35. The van der Waals surface area contributed by atoms with Gasteiger partial charge in [0.15, 0.2) is 11.5 Å². The van der Waals surface area contributed by atoms with Gasteiger partial charge in [-0.25, -0.2) is 0 Å². The maximum absolute atomic E-state index is 12.0. The van der Waals surface area contributed by atoms with Crippen molar-refractivity contribution in [2.45, 2.75) is 19.5 Å². The van der Waals surface area contributed by atoms with Crippen LogP contribution in [0.5, 0.6) is 0 Å². The van der Waals surface area contributed by atoms with Gasteiger partial charge < -0.3 is 4.42 Å². The highest BCUT2D eigenvalue weighted by atomic mass is 19.4. The average Bonchev–Trinajstić information content (AvgIpc) is 2.50. The van der Waals surface area contributed by atoms with E-state index in [0.717, 1.165) is 12.1 Å². The number of hydrogen-bond donors (Lipinski definition) is 0. The van der Waals surface area contributed by atoms with Crippen LogP contribution in [0.1, 0.15) is 29.7 Å². The minimum Gasteiger partial charge on any atom is -0.448 e. The lowest BCUT2D eigenvalue weighted by molar-refractivity contribution is -0.153. The molecule has 0 radical (unpaired) electrons. The van der Waals surface area contributed by atoms with Gasteiger partial charge in [0, 0.05) is 6.42 Å². The molecule has 0 spiro atoms. The van der Waals surface area contributed by atoms with Gasteiger partial charge in [-0.3, -0.25) is 4.79 Å². The first-order valence-corrected chi connectivity index (χ1v) is 3.65. The molecule has 0 bridgehead atoms. The molecule has 0 aliphatic carbocycles. The fourth-order valence-electron chi connectivity index (χ4n) is 0.814. The van der Waals surface area contributed by atoms with Crippen molar-refractivity contribution in [3.8, 4) is 0 Å². The molecule has 0 amide bonds. The molecule has 1 heterocycles. The fraction of sp³-hybridized carbons (Fsp3) is 0.375. The molecular weight excluding hydrogens is 185 g/mol. The average molecular weight is 192 g/mol. The van der Waals surface area contributed by atoms with Crippen LogP contribution in [0.25, 0.3) is 0 Å². The molecule has 0 aliphatic heterocycles. The van der Waals surface area contributed by atoms with Crippen LogP contribution < -0.4 is 0 Å². The van der Waals surface area contributed by atoms with E-state index in [0.29, 0.717) is 0 Å². The molecule has 0 unspecified atom stereocenters. The van der Waals surface area contributed by atoms with Crippen LogP contribution in [0.4, 0.5) is 13.2 Å². The van der Waals surface area contributed by atoms with Gasteiger partial charge in [0.1, 0.15) is 0 Å². The van der Waals surface area contributed by atoms with E-state index >= 15 is 0 Å². The Labute approximate surface area is 72.3 Å². The molecule has 2 nitrogen and oxygen atoms in total. The van der Waals surface area contributed by atoms with Gasteiger partial charge in [0.25, 0.3) is 0 Å². The number of furan rings is 1. The standard InChI is InChI=1S/C8H7F3O2/c1-2-5(12)6-3-4-7(13-6)8(9,10)11/h3-4H,2H2,1H3. The van der Waals surface area contributed by atoms with E-state index in [4.69, 9.17) is 0 Å². The molecule has 0 N–H and O–H groups in total. The zero-order valence-corrected chi connectivity index (χ0v) is 6.81. The highest BCUT2D eigenvalue weighted by molar-refractivity contribution is 5.93. The maximum atomic E-state index is 12.0. The Balaban J connectivity index is 2.93. The van der Waals surface area contributed by atoms with Gasteiger partial charge in [-0.05, 0) is 12.1 Å². The van der Waals surface area contributed by atoms with Crippen molar-refractivity contribution in [3.05, 3.63) is 23.7 Å². The normalized spacial score (nSPS) is 11.7. The third kappa shape index (κ3) is 2.11. The number of halogens is 3. The summed E-state index contributed by atoms with van der Waals surface area (Å²) >= 11 is 0. The summed E-state index contributed by atoms with van der Waals surface area (Å²) in [6.07, 6.45) is -4.39. The largest absolute Gasteiger partial charge is 0.449 e. The monoisotopic (exact) mass is 192 g/mol. The molecule has 1 rings (SSSR count). The lowest BCUT2D eigenvalue weighted by atomic mass is 10.2. The summed E-state index contributed by atoms with van der Waals surface area (Å²) in [5, 5.41) is 0. The predicted octanol–water partition coefficient (Wildman–Crippen LogP) is 2.89. The second-order valence-electron chi connectivity index (χ2n) is 2.44. The summed E-state index contributed by atoms with van der Waals surface area (Å²) in [5.41, 5.74) is 0. The molecule has 0 saturated heterocycles. The third-order valence-electron chi connectivity index (χ3n) is 1.48. The van der Waals surface area contributed by atoms with Crippen molar-refractivity contribution in [2.75, 3.05) is 0 Å². The molecule has 0 atom stereocenters. The molecule has 0 aromatic carbocycles. The fourth-order valence-corrected chi connectivity index (χ4v) is 0.814. The lowest BCUT2D eigenvalue weighted by Gasteiger charge is -2.00. The van der Waals surface area contributed by atoms with Crippen LogP contribution in [0.15, 0.2) is 16.5 Å². The van der Waals surface area contributed by atoms with Crippen molar-refractivity contribution in [2.24, 2.45) is 0 Å². The Bertz CT molecular complexity index is 311. The molecule has 72 valence electrons. The number of hydrogen-bond acceptors (Lipinski definition) is 2. The van der Waals surface area contributed by atoms with Gasteiger partial charge >= 0.3 is 6.18 Å². The predicted molar refractivity (Wildman–Crippen MR) is 38.3 cm³/mol. The van der Waals surface area contributed by atoms with E-state index < -0.39 is 17.7 Å². The van der Waals surface area contributed by atoms with E-state index in [1.54, 1.807) is 6.92 Å². The van der Waals surface area contributed by atoms with Crippen LogP contribution in [0.2, 0.25) is 0 Å². The summed E-state index contributed by atoms with van der Waals surface area (Å²) in [6, 6.07) is 1.79. The summed E-state index contributed by atoms with van der Waals surface area (Å²) in [5.74, 6) is -1.81. The number of ketones is 1. The number of alkyl halides is 3. The lowest BCUT2D eigenvalue weighted by Crippen LogP contribution is -2.02. The van der Waals surface area contributed by atoms with Gasteiger partial charge in [-0.15, -0.1) is 0 Å². The molecule has 0 saturated carbocycles. The van der Waals surface area contributed by atoms with Gasteiger partial charge in [0.05, 0.1) is 0 Å². The topological polar surface area (TPSA) is 30.2 Å². The number of carbonyl (C=O) groups excluding carboxylic acids is 1. The number of rotatable bonds is 2. The molecule has 1 aromatic rings. The maximum Gasteiger partial charge on any atom is 0.449 e. The summed E-state index contributed by atoms with van der Waals surface area (Å²) < 4.78 is 40.2.